The summed E-state index contributed by atoms with van der Waals surface area (Å²) in [5, 5.41) is 18.6. The highest BCUT2D eigenvalue weighted by Gasteiger charge is 2.23. The van der Waals surface area contributed by atoms with Crippen LogP contribution >= 0.6 is 15.9 Å². The van der Waals surface area contributed by atoms with Gasteiger partial charge in [0.1, 0.15) is 5.56 Å². The summed E-state index contributed by atoms with van der Waals surface area (Å²) in [4.78, 5) is 35.1. The van der Waals surface area contributed by atoms with Crippen molar-refractivity contribution in [3.63, 3.8) is 0 Å². The van der Waals surface area contributed by atoms with Crippen LogP contribution < -0.4 is 10.7 Å². The van der Waals surface area contributed by atoms with Crippen molar-refractivity contribution in [3.05, 3.63) is 85.6 Å². The van der Waals surface area contributed by atoms with Crippen LogP contribution in [0.3, 0.4) is 0 Å². The molecule has 1 amide bonds. The molecule has 0 aliphatic rings. The van der Waals surface area contributed by atoms with Gasteiger partial charge in [0.2, 0.25) is 0 Å². The summed E-state index contributed by atoms with van der Waals surface area (Å²) in [6.45, 7) is 5.48. The van der Waals surface area contributed by atoms with Gasteiger partial charge in [-0.15, -0.1) is 0 Å². The zero-order valence-corrected chi connectivity index (χ0v) is 21.0. The molecule has 35 heavy (non-hydrogen) atoms. The predicted octanol–water partition coefficient (Wildman–Crippen LogP) is 4.50. The minimum absolute atomic E-state index is 0.0501. The molecule has 2 aromatic carbocycles. The first kappa shape index (κ1) is 25.6. The number of rotatable bonds is 9. The van der Waals surface area contributed by atoms with E-state index < -0.39 is 10.9 Å². The van der Waals surface area contributed by atoms with E-state index in [1.54, 1.807) is 17.6 Å². The van der Waals surface area contributed by atoms with E-state index in [9.17, 15) is 19.7 Å². The van der Waals surface area contributed by atoms with Crippen molar-refractivity contribution >= 4 is 45.4 Å². The third-order valence-corrected chi connectivity index (χ3v) is 5.62. The van der Waals surface area contributed by atoms with Crippen LogP contribution in [-0.4, -0.2) is 40.7 Å². The number of aryl methyl sites for hydroxylation is 1. The van der Waals surface area contributed by atoms with Gasteiger partial charge in [-0.05, 0) is 63.2 Å². The molecule has 0 saturated heterocycles. The summed E-state index contributed by atoms with van der Waals surface area (Å²) in [7, 11) is 0. The lowest BCUT2D eigenvalue weighted by Gasteiger charge is -2.11. The van der Waals surface area contributed by atoms with Crippen molar-refractivity contribution in [2.45, 2.75) is 20.8 Å². The third kappa shape index (κ3) is 6.33. The van der Waals surface area contributed by atoms with Gasteiger partial charge in [0.25, 0.3) is 11.6 Å². The highest BCUT2D eigenvalue weighted by molar-refractivity contribution is 9.10. The summed E-state index contributed by atoms with van der Waals surface area (Å²) in [5.41, 5.74) is 5.62. The Balaban J connectivity index is 1.74. The van der Waals surface area contributed by atoms with E-state index in [1.165, 1.54) is 18.3 Å². The van der Waals surface area contributed by atoms with E-state index in [-0.39, 0.29) is 30.3 Å². The molecule has 1 aromatic heterocycles. The number of halogens is 1. The molecule has 1 heterocycles. The summed E-state index contributed by atoms with van der Waals surface area (Å²) >= 11 is 3.36. The van der Waals surface area contributed by atoms with Crippen molar-refractivity contribution in [3.8, 4) is 5.69 Å². The molecule has 182 valence electrons. The SMILES string of the molecule is CCOC(=O)c1ccc(-n2c(C)cc(/C=N\NC(=O)CNc3ccc(Br)cc3)c2C)cc1[N+](=O)[O-]. The van der Waals surface area contributed by atoms with Crippen LogP contribution in [-0.2, 0) is 9.53 Å². The molecule has 2 N–H and O–H groups in total. The Kier molecular flexibility index (Phi) is 8.37. The second-order valence-electron chi connectivity index (χ2n) is 7.49. The minimum Gasteiger partial charge on any atom is -0.462 e. The number of amides is 1. The van der Waals surface area contributed by atoms with E-state index in [2.05, 4.69) is 31.8 Å². The zero-order valence-electron chi connectivity index (χ0n) is 19.4. The third-order valence-electron chi connectivity index (χ3n) is 5.09. The molecule has 0 unspecified atom stereocenters. The normalized spacial score (nSPS) is 10.9. The van der Waals surface area contributed by atoms with E-state index in [0.717, 1.165) is 27.1 Å². The van der Waals surface area contributed by atoms with Gasteiger partial charge in [-0.1, -0.05) is 15.9 Å². The molecule has 0 spiro atoms. The molecule has 3 rings (SSSR count). The number of nitrogens with one attached hydrogen (secondary N) is 2. The molecule has 0 fully saturated rings. The van der Waals surface area contributed by atoms with Crippen LogP contribution in [0, 0.1) is 24.0 Å². The number of carbonyl (C=O) groups is 2. The van der Waals surface area contributed by atoms with Crippen molar-refractivity contribution in [1.82, 2.24) is 9.99 Å². The van der Waals surface area contributed by atoms with Crippen molar-refractivity contribution in [2.24, 2.45) is 5.10 Å². The molecular weight excluding hydrogens is 518 g/mol. The Morgan fingerprint density at radius 1 is 1.17 bits per heavy atom. The number of hydrazone groups is 1. The number of carbonyl (C=O) groups excluding carboxylic acids is 2. The molecule has 0 saturated carbocycles. The quantitative estimate of drug-likeness (QED) is 0.177. The van der Waals surface area contributed by atoms with E-state index in [1.807, 2.05) is 44.2 Å². The Bertz CT molecular complexity index is 1280. The minimum atomic E-state index is -0.745. The molecule has 0 bridgehead atoms. The largest absolute Gasteiger partial charge is 0.462 e. The predicted molar refractivity (Wildman–Crippen MR) is 136 cm³/mol. The van der Waals surface area contributed by atoms with Gasteiger partial charge >= 0.3 is 5.97 Å². The van der Waals surface area contributed by atoms with Gasteiger partial charge < -0.3 is 14.6 Å². The van der Waals surface area contributed by atoms with Crippen LogP contribution in [0.1, 0.15) is 34.2 Å². The van der Waals surface area contributed by atoms with Gasteiger partial charge in [-0.25, -0.2) is 10.2 Å². The second-order valence-corrected chi connectivity index (χ2v) is 8.41. The van der Waals surface area contributed by atoms with Crippen molar-refractivity contribution < 1.29 is 19.2 Å². The molecule has 11 heteroatoms. The summed E-state index contributed by atoms with van der Waals surface area (Å²) in [6.07, 6.45) is 1.51. The fourth-order valence-electron chi connectivity index (χ4n) is 3.47. The number of ether oxygens (including phenoxy) is 1. The molecule has 0 atom stereocenters. The monoisotopic (exact) mass is 541 g/mol. The van der Waals surface area contributed by atoms with Crippen LogP contribution in [0.25, 0.3) is 5.69 Å². The molecule has 10 nitrogen and oxygen atoms in total. The Morgan fingerprint density at radius 2 is 1.89 bits per heavy atom. The number of nitro benzene ring substituents is 1. The average molecular weight is 542 g/mol. The van der Waals surface area contributed by atoms with E-state index >= 15 is 0 Å². The van der Waals surface area contributed by atoms with Gasteiger partial charge in [0.05, 0.1) is 30.0 Å². The van der Waals surface area contributed by atoms with Gasteiger partial charge in [-0.3, -0.25) is 14.9 Å². The highest BCUT2D eigenvalue weighted by Crippen LogP contribution is 2.27. The van der Waals surface area contributed by atoms with Crippen LogP contribution in [0.2, 0.25) is 0 Å². The smallest absolute Gasteiger partial charge is 0.345 e. The van der Waals surface area contributed by atoms with Crippen molar-refractivity contribution in [1.29, 1.82) is 0 Å². The summed E-state index contributed by atoms with van der Waals surface area (Å²) in [5.74, 6) is -1.06. The zero-order chi connectivity index (χ0) is 25.5. The maximum Gasteiger partial charge on any atom is 0.345 e. The number of esters is 1. The molecule has 3 aromatic rings. The second kappa shape index (κ2) is 11.4. The lowest BCUT2D eigenvalue weighted by atomic mass is 10.1. The number of hydrogen-bond donors (Lipinski definition) is 2. The molecule has 0 aliphatic heterocycles. The Labute approximate surface area is 210 Å². The number of nitrogens with zero attached hydrogens (tertiary/aromatic N) is 3. The first-order valence-corrected chi connectivity index (χ1v) is 11.5. The van der Waals surface area contributed by atoms with Crippen LogP contribution in [0.15, 0.2) is 58.1 Å². The molecule has 0 aliphatic carbocycles. The number of aromatic nitrogens is 1. The average Bonchev–Trinajstić information content (AvgIpc) is 3.11. The number of benzene rings is 2. The number of hydrogen-bond acceptors (Lipinski definition) is 7. The maximum atomic E-state index is 12.1. The molecule has 0 radical (unpaired) electrons. The standard InChI is InChI=1S/C24H24BrN5O5/c1-4-35-24(32)21-10-9-20(12-22(21)30(33)34)29-15(2)11-17(16(29)3)13-27-28-23(31)14-26-19-7-5-18(25)6-8-19/h5-13,26H,4,14H2,1-3H3,(H,28,31)/b27-13-. The van der Waals surface area contributed by atoms with Gasteiger partial charge in [0.15, 0.2) is 0 Å². The van der Waals surface area contributed by atoms with Crippen LogP contribution in [0.4, 0.5) is 11.4 Å². The molecular formula is C24H24BrN5O5. The number of anilines is 1. The first-order valence-electron chi connectivity index (χ1n) is 10.7. The topological polar surface area (TPSA) is 128 Å². The van der Waals surface area contributed by atoms with E-state index in [0.29, 0.717) is 5.69 Å². The lowest BCUT2D eigenvalue weighted by molar-refractivity contribution is -0.385. The van der Waals surface area contributed by atoms with E-state index in [4.69, 9.17) is 4.74 Å². The summed E-state index contributed by atoms with van der Waals surface area (Å²) < 4.78 is 7.67. The summed E-state index contributed by atoms with van der Waals surface area (Å²) in [6, 6.07) is 13.6. The van der Waals surface area contributed by atoms with Gasteiger partial charge in [-0.2, -0.15) is 5.10 Å². The van der Waals surface area contributed by atoms with Gasteiger partial charge in [0, 0.05) is 33.2 Å². The fourth-order valence-corrected chi connectivity index (χ4v) is 3.74. The maximum absolute atomic E-state index is 12.1. The Hall–Kier alpha value is -3.99. The first-order chi connectivity index (χ1) is 16.7. The highest BCUT2D eigenvalue weighted by atomic mass is 79.9. The van der Waals surface area contributed by atoms with Crippen LogP contribution in [0.5, 0.6) is 0 Å². The fraction of sp³-hybridized carbons (Fsp3) is 0.208. The lowest BCUT2D eigenvalue weighted by Crippen LogP contribution is -2.25. The Morgan fingerprint density at radius 3 is 2.54 bits per heavy atom. The number of nitro groups is 1. The van der Waals surface area contributed by atoms with Crippen molar-refractivity contribution in [2.75, 3.05) is 18.5 Å².